The lowest BCUT2D eigenvalue weighted by Crippen LogP contribution is -2.21. The molecule has 39 heavy (non-hydrogen) atoms. The number of carbonyl (C=O) groups excluding carboxylic acids is 1. The molecule has 0 saturated carbocycles. The summed E-state index contributed by atoms with van der Waals surface area (Å²) < 4.78 is 2.61. The van der Waals surface area contributed by atoms with Gasteiger partial charge in [0.1, 0.15) is 11.4 Å². The smallest absolute Gasteiger partial charge is 0.352 e. The van der Waals surface area contributed by atoms with Gasteiger partial charge >= 0.3 is 5.97 Å². The molecule has 0 unspecified atom stereocenters. The molecule has 0 spiro atoms. The number of fused-ring (bicyclic) bond motifs is 1. The molecule has 6 nitrogen and oxygen atoms in total. The van der Waals surface area contributed by atoms with Crippen LogP contribution in [-0.4, -0.2) is 45.7 Å². The molecule has 0 fully saturated rings. The van der Waals surface area contributed by atoms with Gasteiger partial charge in [0.25, 0.3) is 5.91 Å². The minimum Gasteiger partial charge on any atom is -0.508 e. The zero-order valence-corrected chi connectivity index (χ0v) is 23.7. The van der Waals surface area contributed by atoms with Crippen molar-refractivity contribution in [3.63, 3.8) is 0 Å². The fraction of sp³-hybridized carbons (Fsp3) is 0.0968. The molecule has 1 aromatic heterocycles. The first-order valence-corrected chi connectivity index (χ1v) is 13.7. The van der Waals surface area contributed by atoms with Crippen molar-refractivity contribution in [2.24, 2.45) is 0 Å². The van der Waals surface area contributed by atoms with Crippen molar-refractivity contribution in [1.82, 2.24) is 9.47 Å². The van der Waals surface area contributed by atoms with E-state index in [1.54, 1.807) is 60.8 Å². The Kier molecular flexibility index (Phi) is 7.50. The van der Waals surface area contributed by atoms with E-state index in [0.29, 0.717) is 12.1 Å². The third-order valence-corrected chi connectivity index (χ3v) is 8.04. The number of carbonyl (C=O) groups is 2. The highest BCUT2D eigenvalue weighted by Gasteiger charge is 2.18. The molecular weight excluding hydrogens is 576 g/mol. The van der Waals surface area contributed by atoms with Crippen molar-refractivity contribution >= 4 is 50.5 Å². The van der Waals surface area contributed by atoms with E-state index in [2.05, 4.69) is 15.9 Å². The van der Waals surface area contributed by atoms with Crippen LogP contribution < -0.4 is 0 Å². The lowest BCUT2D eigenvalue weighted by molar-refractivity contribution is 0.0685. The molecular formula is C31H25BrN2O4S. The lowest BCUT2D eigenvalue weighted by Gasteiger charge is -2.13. The molecule has 0 atom stereocenters. The zero-order valence-electron chi connectivity index (χ0n) is 21.3. The Balaban J connectivity index is 1.45. The van der Waals surface area contributed by atoms with E-state index in [1.165, 1.54) is 4.90 Å². The maximum Gasteiger partial charge on any atom is 0.352 e. The van der Waals surface area contributed by atoms with Crippen LogP contribution >= 0.6 is 27.7 Å². The van der Waals surface area contributed by atoms with Crippen LogP contribution in [0.2, 0.25) is 0 Å². The summed E-state index contributed by atoms with van der Waals surface area (Å²) in [6.07, 6.45) is 0. The number of phenols is 1. The van der Waals surface area contributed by atoms with Gasteiger partial charge in [-0.3, -0.25) is 4.79 Å². The SMILES string of the molecule is CN(C)C(=O)c1ccc(Cn2c(C(=O)O)cc3c(Br)cc(Sc4ccc(-c5ccc(O)cc5)cc4)cc32)cc1. The van der Waals surface area contributed by atoms with E-state index in [-0.39, 0.29) is 17.4 Å². The second kappa shape index (κ2) is 11.0. The van der Waals surface area contributed by atoms with Crippen LogP contribution in [0.4, 0.5) is 0 Å². The van der Waals surface area contributed by atoms with Crippen molar-refractivity contribution in [3.05, 3.63) is 112 Å². The van der Waals surface area contributed by atoms with Crippen molar-refractivity contribution in [3.8, 4) is 16.9 Å². The monoisotopic (exact) mass is 600 g/mol. The number of rotatable bonds is 7. The van der Waals surface area contributed by atoms with Crippen molar-refractivity contribution in [2.45, 2.75) is 16.3 Å². The number of halogens is 1. The van der Waals surface area contributed by atoms with Crippen molar-refractivity contribution in [2.75, 3.05) is 14.1 Å². The summed E-state index contributed by atoms with van der Waals surface area (Å²) in [6.45, 7) is 0.351. The Morgan fingerprint density at radius 1 is 0.846 bits per heavy atom. The van der Waals surface area contributed by atoms with Gasteiger partial charge in [0, 0.05) is 45.9 Å². The number of amides is 1. The van der Waals surface area contributed by atoms with Crippen LogP contribution in [-0.2, 0) is 6.54 Å². The van der Waals surface area contributed by atoms with Crippen molar-refractivity contribution in [1.29, 1.82) is 0 Å². The summed E-state index contributed by atoms with van der Waals surface area (Å²) in [6, 6.07) is 28.2. The van der Waals surface area contributed by atoms with Gasteiger partial charge in [-0.15, -0.1) is 0 Å². The molecule has 1 amide bonds. The molecule has 0 aliphatic rings. The number of aromatic hydroxyl groups is 1. The van der Waals surface area contributed by atoms with Gasteiger partial charge in [-0.1, -0.05) is 64.1 Å². The van der Waals surface area contributed by atoms with Gasteiger partial charge in [-0.05, 0) is 71.3 Å². The van der Waals surface area contributed by atoms with Crippen LogP contribution in [0.25, 0.3) is 22.0 Å². The number of carboxylic acids is 1. The first-order chi connectivity index (χ1) is 18.7. The summed E-state index contributed by atoms with van der Waals surface area (Å²) >= 11 is 5.24. The number of phenolic OH excluding ortho intramolecular Hbond substituents is 1. The number of hydrogen-bond acceptors (Lipinski definition) is 4. The molecule has 4 aromatic carbocycles. The third kappa shape index (κ3) is 5.72. The average Bonchev–Trinajstić information content (AvgIpc) is 3.28. The number of aromatic carboxylic acids is 1. The topological polar surface area (TPSA) is 82.8 Å². The Morgan fingerprint density at radius 3 is 2.05 bits per heavy atom. The second-order valence-corrected chi connectivity index (χ2v) is 11.3. The molecule has 1 heterocycles. The van der Waals surface area contributed by atoms with Gasteiger partial charge in [0.2, 0.25) is 0 Å². The molecule has 0 radical (unpaired) electrons. The molecule has 5 aromatic rings. The van der Waals surface area contributed by atoms with Crippen LogP contribution in [0, 0.1) is 0 Å². The number of aromatic nitrogens is 1. The predicted molar refractivity (Wildman–Crippen MR) is 158 cm³/mol. The summed E-state index contributed by atoms with van der Waals surface area (Å²) in [5.74, 6) is -0.850. The molecule has 196 valence electrons. The Labute approximate surface area is 238 Å². The molecule has 8 heteroatoms. The molecule has 0 aliphatic carbocycles. The standard InChI is InChI=1S/C31H25BrN2O4S/c1-33(2)30(36)22-5-3-19(4-6-22)18-34-28-16-25(15-27(32)26(28)17-29(34)31(37)38)39-24-13-9-21(10-14-24)20-7-11-23(35)12-8-20/h3-17,35H,18H2,1-2H3,(H,37,38). The maximum atomic E-state index is 12.2. The highest BCUT2D eigenvalue weighted by atomic mass is 79.9. The number of nitrogens with zero attached hydrogens (tertiary/aromatic N) is 2. The van der Waals surface area contributed by atoms with E-state index in [0.717, 1.165) is 41.9 Å². The fourth-order valence-corrected chi connectivity index (χ4v) is 6.00. The number of benzene rings is 4. The average molecular weight is 602 g/mol. The quantitative estimate of drug-likeness (QED) is 0.204. The third-order valence-electron chi connectivity index (χ3n) is 6.40. The van der Waals surface area contributed by atoms with Gasteiger partial charge in [0.15, 0.2) is 0 Å². The molecule has 0 aliphatic heterocycles. The first kappa shape index (κ1) is 26.6. The Bertz CT molecular complexity index is 1680. The first-order valence-electron chi connectivity index (χ1n) is 12.1. The van der Waals surface area contributed by atoms with E-state index in [1.807, 2.05) is 60.7 Å². The largest absolute Gasteiger partial charge is 0.508 e. The zero-order chi connectivity index (χ0) is 27.7. The van der Waals surface area contributed by atoms with E-state index in [4.69, 9.17) is 0 Å². The minimum atomic E-state index is -1.00. The summed E-state index contributed by atoms with van der Waals surface area (Å²) in [7, 11) is 3.41. The fourth-order valence-electron chi connectivity index (χ4n) is 4.40. The summed E-state index contributed by atoms with van der Waals surface area (Å²) in [5.41, 5.74) is 4.54. The minimum absolute atomic E-state index is 0.0825. The van der Waals surface area contributed by atoms with Crippen molar-refractivity contribution < 1.29 is 19.8 Å². The van der Waals surface area contributed by atoms with Gasteiger partial charge in [-0.25, -0.2) is 4.79 Å². The van der Waals surface area contributed by atoms with Gasteiger partial charge in [-0.2, -0.15) is 0 Å². The van der Waals surface area contributed by atoms with E-state index in [9.17, 15) is 19.8 Å². The van der Waals surface area contributed by atoms with Crippen LogP contribution in [0.5, 0.6) is 5.75 Å². The van der Waals surface area contributed by atoms with Gasteiger partial charge < -0.3 is 19.7 Å². The van der Waals surface area contributed by atoms with Crippen LogP contribution in [0.1, 0.15) is 26.4 Å². The highest BCUT2D eigenvalue weighted by molar-refractivity contribution is 9.10. The van der Waals surface area contributed by atoms with E-state index >= 15 is 0 Å². The summed E-state index contributed by atoms with van der Waals surface area (Å²) in [4.78, 5) is 27.9. The lowest BCUT2D eigenvalue weighted by atomic mass is 10.1. The maximum absolute atomic E-state index is 12.2. The summed E-state index contributed by atoms with van der Waals surface area (Å²) in [5, 5.41) is 20.3. The second-order valence-electron chi connectivity index (χ2n) is 9.33. The molecule has 2 N–H and O–H groups in total. The molecule has 0 bridgehead atoms. The Hall–Kier alpha value is -4.01. The van der Waals surface area contributed by atoms with Crippen LogP contribution in [0.15, 0.2) is 105 Å². The van der Waals surface area contributed by atoms with Crippen LogP contribution in [0.3, 0.4) is 0 Å². The van der Waals surface area contributed by atoms with E-state index < -0.39 is 5.97 Å². The highest BCUT2D eigenvalue weighted by Crippen LogP contribution is 2.37. The molecule has 0 saturated heterocycles. The van der Waals surface area contributed by atoms with Gasteiger partial charge in [0.05, 0.1) is 5.52 Å². The predicted octanol–water partition coefficient (Wildman–Crippen LogP) is 7.38. The Morgan fingerprint density at radius 2 is 1.46 bits per heavy atom. The normalized spacial score (nSPS) is 11.1. The molecule has 5 rings (SSSR count). The number of carboxylic acid groups (broad SMARTS) is 1. The number of hydrogen-bond donors (Lipinski definition) is 2.